The number of aromatic nitrogens is 6. The van der Waals surface area contributed by atoms with Gasteiger partial charge in [0.1, 0.15) is 19.1 Å². The lowest BCUT2D eigenvalue weighted by Gasteiger charge is -2.27. The Morgan fingerprint density at radius 3 is 2.81 bits per heavy atom. The second-order valence-corrected chi connectivity index (χ2v) is 7.00. The van der Waals surface area contributed by atoms with Crippen molar-refractivity contribution in [3.8, 4) is 11.3 Å². The predicted octanol–water partition coefficient (Wildman–Crippen LogP) is -1.53. The van der Waals surface area contributed by atoms with E-state index < -0.39 is 0 Å². The molecule has 3 aromatic heterocycles. The molecule has 0 fully saturated rings. The Morgan fingerprint density at radius 1 is 0.962 bits per heavy atom. The van der Waals surface area contributed by atoms with Crippen molar-refractivity contribution in [3.05, 3.63) is 54.6 Å². The monoisotopic (exact) mass is 338 g/mol. The summed E-state index contributed by atoms with van der Waals surface area (Å²) in [6, 6.07) is 6.27. The van der Waals surface area contributed by atoms with Crippen LogP contribution in [0.2, 0.25) is 0 Å². The second-order valence-electron chi connectivity index (χ2n) is 7.00. The highest BCUT2D eigenvalue weighted by Gasteiger charge is 2.48. The molecule has 0 saturated heterocycles. The first-order chi connectivity index (χ1) is 12.7. The molecule has 4 aromatic rings. The summed E-state index contributed by atoms with van der Waals surface area (Å²) in [5.41, 5.74) is 9.00. The molecule has 5 heterocycles. The van der Waals surface area contributed by atoms with Crippen molar-refractivity contribution < 1.29 is 9.13 Å². The molecule has 0 spiro atoms. The fourth-order valence-corrected chi connectivity index (χ4v) is 4.58. The highest BCUT2D eigenvalue weighted by molar-refractivity contribution is 6.97. The Balaban J connectivity index is 1.87. The van der Waals surface area contributed by atoms with Gasteiger partial charge in [0.15, 0.2) is 17.3 Å². The van der Waals surface area contributed by atoms with Crippen molar-refractivity contribution in [3.63, 3.8) is 0 Å². The van der Waals surface area contributed by atoms with Gasteiger partial charge in [-0.2, -0.15) is 0 Å². The van der Waals surface area contributed by atoms with E-state index >= 15 is 0 Å². The summed E-state index contributed by atoms with van der Waals surface area (Å²) in [5, 5.41) is 1.18. The van der Waals surface area contributed by atoms with Gasteiger partial charge in [-0.25, -0.2) is 24.1 Å². The maximum atomic E-state index is 4.69. The van der Waals surface area contributed by atoms with E-state index in [2.05, 4.69) is 56.4 Å². The fourth-order valence-electron chi connectivity index (χ4n) is 4.58. The van der Waals surface area contributed by atoms with E-state index in [1.807, 2.05) is 18.7 Å². The van der Waals surface area contributed by atoms with Crippen LogP contribution < -0.4 is 25.8 Å². The van der Waals surface area contributed by atoms with Gasteiger partial charge in [-0.3, -0.25) is 0 Å². The van der Waals surface area contributed by atoms with Crippen molar-refractivity contribution in [2.45, 2.75) is 6.42 Å². The Kier molecular flexibility index (Phi) is 2.53. The molecule has 7 heteroatoms. The number of nitrogens with zero attached hydrogens (tertiary/aromatic N) is 6. The third-order valence-electron chi connectivity index (χ3n) is 5.64. The maximum Gasteiger partial charge on any atom is 0.381 e. The van der Waals surface area contributed by atoms with Crippen molar-refractivity contribution in [1.82, 2.24) is 19.9 Å². The molecule has 2 aliphatic rings. The standard InChI is InChI=1S/C19H15BN6/c1-25-7-6-21-14-8-13-16-17(23-9-22-13)11-4-3-5-12-15(11)19(20(16)18(14)25)26(2)10-24-12/h3-7,9-10H,8H2,1-2H3/q+2. The van der Waals surface area contributed by atoms with Crippen LogP contribution in [0.5, 0.6) is 0 Å². The Hall–Kier alpha value is -3.22. The van der Waals surface area contributed by atoms with Gasteiger partial charge >= 0.3 is 6.71 Å². The van der Waals surface area contributed by atoms with E-state index in [0.29, 0.717) is 0 Å². The topological polar surface area (TPSA) is 59.3 Å². The molecule has 122 valence electrons. The lowest BCUT2D eigenvalue weighted by atomic mass is 9.34. The van der Waals surface area contributed by atoms with Gasteiger partial charge in [0.25, 0.3) is 6.33 Å². The average molecular weight is 338 g/mol. The van der Waals surface area contributed by atoms with Crippen LogP contribution in [0.15, 0.2) is 43.2 Å². The quantitative estimate of drug-likeness (QED) is 0.249. The molecule has 0 amide bonds. The molecular weight excluding hydrogens is 323 g/mol. The Bertz CT molecular complexity index is 1250. The summed E-state index contributed by atoms with van der Waals surface area (Å²) in [7, 11) is 4.16. The molecule has 0 bridgehead atoms. The summed E-state index contributed by atoms with van der Waals surface area (Å²) in [6.45, 7) is 0.0639. The maximum absolute atomic E-state index is 4.69. The number of benzene rings is 1. The Labute approximate surface area is 150 Å². The normalized spacial score (nSPS) is 13.5. The molecule has 0 saturated carbocycles. The molecule has 6 nitrogen and oxygen atoms in total. The van der Waals surface area contributed by atoms with Crippen molar-refractivity contribution in [1.29, 1.82) is 0 Å². The predicted molar refractivity (Wildman–Crippen MR) is 96.8 cm³/mol. The lowest BCUT2D eigenvalue weighted by Crippen LogP contribution is -2.74. The molecule has 0 unspecified atom stereocenters. The zero-order valence-corrected chi connectivity index (χ0v) is 14.5. The van der Waals surface area contributed by atoms with Gasteiger partial charge in [0, 0.05) is 17.7 Å². The molecular formula is C19H15BN6+2. The first-order valence-electron chi connectivity index (χ1n) is 8.69. The van der Waals surface area contributed by atoms with E-state index in [9.17, 15) is 0 Å². The van der Waals surface area contributed by atoms with Crippen molar-refractivity contribution >= 4 is 34.3 Å². The smallest absolute Gasteiger partial charge is 0.249 e. The zero-order valence-electron chi connectivity index (χ0n) is 14.5. The number of hydrogen-bond acceptors (Lipinski definition) is 4. The minimum Gasteiger partial charge on any atom is -0.249 e. The minimum absolute atomic E-state index is 0.0639. The van der Waals surface area contributed by atoms with Crippen LogP contribution in [0.25, 0.3) is 22.2 Å². The van der Waals surface area contributed by atoms with Crippen LogP contribution >= 0.6 is 0 Å². The summed E-state index contributed by atoms with van der Waals surface area (Å²) in [5.74, 6) is 0. The van der Waals surface area contributed by atoms with E-state index in [1.165, 1.54) is 22.0 Å². The molecule has 2 aliphatic heterocycles. The van der Waals surface area contributed by atoms with Gasteiger partial charge in [0.05, 0.1) is 29.9 Å². The summed E-state index contributed by atoms with van der Waals surface area (Å²) < 4.78 is 4.32. The first-order valence-corrected chi connectivity index (χ1v) is 8.69. The molecule has 0 N–H and O–H groups in total. The number of hydrogen-bond donors (Lipinski definition) is 0. The van der Waals surface area contributed by atoms with E-state index in [4.69, 9.17) is 4.98 Å². The summed E-state index contributed by atoms with van der Waals surface area (Å²) in [4.78, 5) is 18.6. The molecule has 0 radical (unpaired) electrons. The highest BCUT2D eigenvalue weighted by atomic mass is 15.0. The third-order valence-corrected chi connectivity index (χ3v) is 5.64. The fraction of sp³-hybridized carbons (Fsp3) is 0.158. The second kappa shape index (κ2) is 4.69. The molecule has 0 aliphatic carbocycles. The molecule has 6 rings (SSSR count). The van der Waals surface area contributed by atoms with Crippen molar-refractivity contribution in [2.24, 2.45) is 14.1 Å². The third kappa shape index (κ3) is 1.58. The van der Waals surface area contributed by atoms with E-state index in [0.717, 1.165) is 34.6 Å². The largest absolute Gasteiger partial charge is 0.381 e. The average Bonchev–Trinajstić information content (AvgIpc) is 2.66. The van der Waals surface area contributed by atoms with Crippen molar-refractivity contribution in [2.75, 3.05) is 0 Å². The molecule has 26 heavy (non-hydrogen) atoms. The highest BCUT2D eigenvalue weighted by Crippen LogP contribution is 2.28. The minimum atomic E-state index is 0.0639. The summed E-state index contributed by atoms with van der Waals surface area (Å²) >= 11 is 0. The zero-order chi connectivity index (χ0) is 17.4. The van der Waals surface area contributed by atoms with Gasteiger partial charge in [0.2, 0.25) is 0 Å². The van der Waals surface area contributed by atoms with Gasteiger partial charge in [-0.05, 0) is 16.5 Å². The van der Waals surface area contributed by atoms with Crippen LogP contribution in [-0.4, -0.2) is 26.6 Å². The summed E-state index contributed by atoms with van der Waals surface area (Å²) in [6.07, 6.45) is 8.21. The number of rotatable bonds is 0. The first kappa shape index (κ1) is 14.0. The van der Waals surface area contributed by atoms with Crippen LogP contribution in [0.1, 0.15) is 11.4 Å². The number of aryl methyl sites for hydroxylation is 2. The van der Waals surface area contributed by atoms with E-state index in [1.54, 1.807) is 6.33 Å². The van der Waals surface area contributed by atoms with Gasteiger partial charge in [-0.1, -0.05) is 12.1 Å². The SMILES string of the molecule is C[n+]1ccnc2c1B1c3c(ncnc3-c3cccc4nc[n+](C)c1c34)C2. The van der Waals surface area contributed by atoms with Crippen LogP contribution in [0.4, 0.5) is 0 Å². The van der Waals surface area contributed by atoms with Gasteiger partial charge in [-0.15, -0.1) is 0 Å². The molecule has 0 atom stereocenters. The Morgan fingerprint density at radius 2 is 1.88 bits per heavy atom. The lowest BCUT2D eigenvalue weighted by molar-refractivity contribution is -0.660. The van der Waals surface area contributed by atoms with Gasteiger partial charge < -0.3 is 0 Å². The van der Waals surface area contributed by atoms with E-state index in [-0.39, 0.29) is 6.71 Å². The van der Waals surface area contributed by atoms with Crippen LogP contribution in [0, 0.1) is 0 Å². The molecule has 1 aromatic carbocycles. The van der Waals surface area contributed by atoms with Crippen LogP contribution in [-0.2, 0) is 20.5 Å². The number of fused-ring (bicyclic) bond motifs is 4. The van der Waals surface area contributed by atoms with Crippen LogP contribution in [0.3, 0.4) is 0 Å².